The van der Waals surface area contributed by atoms with Gasteiger partial charge in [-0.15, -0.1) is 0 Å². The number of piperazine rings is 1. The van der Waals surface area contributed by atoms with Crippen LogP contribution >= 0.6 is 11.6 Å². The van der Waals surface area contributed by atoms with Crippen LogP contribution in [0.15, 0.2) is 18.2 Å². The van der Waals surface area contributed by atoms with Crippen LogP contribution in [0.5, 0.6) is 0 Å². The van der Waals surface area contributed by atoms with Gasteiger partial charge in [-0.05, 0) is 45.5 Å². The first-order valence-corrected chi connectivity index (χ1v) is 10.6. The van der Waals surface area contributed by atoms with Gasteiger partial charge >= 0.3 is 6.18 Å². The molecular weight excluding hydrogens is 445 g/mol. The summed E-state index contributed by atoms with van der Waals surface area (Å²) in [4.78, 5) is 23.9. The molecule has 1 fully saturated rings. The summed E-state index contributed by atoms with van der Waals surface area (Å²) in [5, 5.41) is 2.78. The quantitative estimate of drug-likeness (QED) is 0.684. The second-order valence-electron chi connectivity index (χ2n) is 8.00. The van der Waals surface area contributed by atoms with Gasteiger partial charge in [0.2, 0.25) is 0 Å². The van der Waals surface area contributed by atoms with E-state index in [1.165, 1.54) is 12.1 Å². The van der Waals surface area contributed by atoms with E-state index in [-0.39, 0.29) is 40.1 Å². The molecule has 1 amide bonds. The van der Waals surface area contributed by atoms with Crippen molar-refractivity contribution in [1.29, 1.82) is 0 Å². The highest BCUT2D eigenvalue weighted by molar-refractivity contribution is 6.30. The number of hydrogen-bond acceptors (Lipinski definition) is 6. The zero-order valence-corrected chi connectivity index (χ0v) is 19.1. The summed E-state index contributed by atoms with van der Waals surface area (Å²) in [7, 11) is 1.97. The van der Waals surface area contributed by atoms with Crippen LogP contribution in [-0.4, -0.2) is 53.0 Å². The first kappa shape index (κ1) is 24.1. The van der Waals surface area contributed by atoms with Gasteiger partial charge in [-0.3, -0.25) is 9.69 Å². The lowest BCUT2D eigenvalue weighted by Crippen LogP contribution is -2.55. The molecule has 174 valence electrons. The Bertz CT molecular complexity index is 1000. The summed E-state index contributed by atoms with van der Waals surface area (Å²) in [6.45, 7) is 6.70. The van der Waals surface area contributed by atoms with Gasteiger partial charge in [0.15, 0.2) is 16.7 Å². The zero-order valence-electron chi connectivity index (χ0n) is 18.3. The summed E-state index contributed by atoms with van der Waals surface area (Å²) in [6.07, 6.45) is -4.16. The summed E-state index contributed by atoms with van der Waals surface area (Å²) in [5.41, 5.74) is 4.98. The third kappa shape index (κ3) is 4.91. The van der Waals surface area contributed by atoms with E-state index >= 15 is 0 Å². The molecule has 3 N–H and O–H groups in total. The second-order valence-corrected chi connectivity index (χ2v) is 8.36. The Morgan fingerprint density at radius 2 is 1.88 bits per heavy atom. The van der Waals surface area contributed by atoms with Gasteiger partial charge < -0.3 is 16.0 Å². The Balaban J connectivity index is 2.01. The first-order valence-electron chi connectivity index (χ1n) is 10.2. The molecule has 0 spiro atoms. The SMILES string of the molecule is CCc1nc(C(N)=O)c(Nc2ccc(N3C[C@@H](C)N(C)[C@@H](C)C3)c(C(F)(F)F)c2)nc1Cl. The number of primary amides is 1. The van der Waals surface area contributed by atoms with Crippen LogP contribution in [0, 0.1) is 0 Å². The Kier molecular flexibility index (Phi) is 6.85. The fraction of sp³-hybridized carbons (Fsp3) is 0.476. The van der Waals surface area contributed by atoms with Crippen molar-refractivity contribution in [2.75, 3.05) is 30.4 Å². The minimum absolute atomic E-state index is 0.0491. The fourth-order valence-electron chi connectivity index (χ4n) is 3.79. The number of carbonyl (C=O) groups excluding carboxylic acids is 1. The fourth-order valence-corrected chi connectivity index (χ4v) is 4.05. The minimum atomic E-state index is -4.58. The smallest absolute Gasteiger partial charge is 0.368 e. The van der Waals surface area contributed by atoms with Crippen LogP contribution < -0.4 is 16.0 Å². The van der Waals surface area contributed by atoms with Crippen LogP contribution in [-0.2, 0) is 12.6 Å². The first-order chi connectivity index (χ1) is 14.9. The number of nitrogens with one attached hydrogen (secondary N) is 1. The van der Waals surface area contributed by atoms with E-state index in [9.17, 15) is 18.0 Å². The molecule has 1 aromatic carbocycles. The maximum atomic E-state index is 14.0. The third-order valence-electron chi connectivity index (χ3n) is 5.75. The maximum absolute atomic E-state index is 14.0. The van der Waals surface area contributed by atoms with Crippen molar-refractivity contribution in [2.24, 2.45) is 5.73 Å². The number of amides is 1. The predicted molar refractivity (Wildman–Crippen MR) is 119 cm³/mol. The maximum Gasteiger partial charge on any atom is 0.418 e. The number of rotatable bonds is 5. The van der Waals surface area contributed by atoms with Crippen molar-refractivity contribution in [2.45, 2.75) is 45.5 Å². The number of likely N-dealkylation sites (N-methyl/N-ethyl adjacent to an activating group) is 1. The third-order valence-corrected chi connectivity index (χ3v) is 6.06. The van der Waals surface area contributed by atoms with Gasteiger partial charge in [0.25, 0.3) is 5.91 Å². The van der Waals surface area contributed by atoms with E-state index in [0.717, 1.165) is 6.07 Å². The molecule has 0 radical (unpaired) electrons. The molecule has 32 heavy (non-hydrogen) atoms. The van der Waals surface area contributed by atoms with Crippen molar-refractivity contribution < 1.29 is 18.0 Å². The van der Waals surface area contributed by atoms with Gasteiger partial charge in [0.1, 0.15) is 0 Å². The number of anilines is 3. The zero-order chi connectivity index (χ0) is 23.8. The van der Waals surface area contributed by atoms with Gasteiger partial charge in [-0.25, -0.2) is 9.97 Å². The summed E-state index contributed by atoms with van der Waals surface area (Å²) < 4.78 is 41.9. The minimum Gasteiger partial charge on any atom is -0.368 e. The average molecular weight is 471 g/mol. The van der Waals surface area contributed by atoms with Gasteiger partial charge in [-0.2, -0.15) is 13.2 Å². The number of alkyl halides is 3. The molecule has 2 atom stereocenters. The van der Waals surface area contributed by atoms with Crippen molar-refractivity contribution in [3.05, 3.63) is 40.3 Å². The van der Waals surface area contributed by atoms with Crippen molar-refractivity contribution in [3.63, 3.8) is 0 Å². The van der Waals surface area contributed by atoms with Gasteiger partial charge in [-0.1, -0.05) is 18.5 Å². The Morgan fingerprint density at radius 3 is 2.41 bits per heavy atom. The van der Waals surface area contributed by atoms with Crippen molar-refractivity contribution in [3.8, 4) is 0 Å². The number of aryl methyl sites for hydroxylation is 1. The average Bonchev–Trinajstić information content (AvgIpc) is 2.71. The lowest BCUT2D eigenvalue weighted by atomic mass is 10.0. The molecule has 1 saturated heterocycles. The Morgan fingerprint density at radius 1 is 1.25 bits per heavy atom. The van der Waals surface area contributed by atoms with Gasteiger partial charge in [0, 0.05) is 36.5 Å². The monoisotopic (exact) mass is 470 g/mol. The van der Waals surface area contributed by atoms with Crippen LogP contribution in [0.3, 0.4) is 0 Å². The molecule has 2 heterocycles. The number of carbonyl (C=O) groups is 1. The molecule has 1 aliphatic rings. The number of benzene rings is 1. The summed E-state index contributed by atoms with van der Waals surface area (Å²) >= 11 is 6.09. The molecule has 2 aromatic rings. The predicted octanol–water partition coefficient (Wildman–Crippen LogP) is 4.08. The highest BCUT2D eigenvalue weighted by Gasteiger charge is 2.37. The number of aromatic nitrogens is 2. The molecule has 0 saturated carbocycles. The Hall–Kier alpha value is -2.59. The van der Waals surface area contributed by atoms with E-state index in [4.69, 9.17) is 17.3 Å². The molecule has 11 heteroatoms. The molecule has 1 aromatic heterocycles. The van der Waals surface area contributed by atoms with E-state index in [1.807, 2.05) is 20.9 Å². The Labute approximate surface area is 189 Å². The van der Waals surface area contributed by atoms with Crippen LogP contribution in [0.25, 0.3) is 0 Å². The molecule has 7 nitrogen and oxygen atoms in total. The molecule has 0 bridgehead atoms. The highest BCUT2D eigenvalue weighted by atomic mass is 35.5. The van der Waals surface area contributed by atoms with Gasteiger partial charge in [0.05, 0.1) is 11.3 Å². The normalized spacial score (nSPS) is 19.8. The number of halogens is 4. The molecule has 1 aliphatic heterocycles. The van der Waals surface area contributed by atoms with Crippen LogP contribution in [0.1, 0.15) is 42.5 Å². The standard InChI is InChI=1S/C21H26ClF3N6O/c1-5-15-18(22)29-20(17(28-15)19(26)32)27-13-6-7-16(14(8-13)21(23,24)25)31-9-11(2)30(4)12(3)10-31/h6-8,11-12H,5,9-10H2,1-4H3,(H2,26,32)(H,27,29)/t11-,12+. The van der Waals surface area contributed by atoms with Crippen molar-refractivity contribution in [1.82, 2.24) is 14.9 Å². The lowest BCUT2D eigenvalue weighted by Gasteiger charge is -2.44. The summed E-state index contributed by atoms with van der Waals surface area (Å²) in [6, 6.07) is 4.13. The molecular formula is C21H26ClF3N6O. The van der Waals surface area contributed by atoms with E-state index in [2.05, 4.69) is 20.2 Å². The number of hydrogen-bond donors (Lipinski definition) is 2. The molecule has 3 rings (SSSR count). The lowest BCUT2D eigenvalue weighted by molar-refractivity contribution is -0.137. The number of nitrogens with zero attached hydrogens (tertiary/aromatic N) is 4. The van der Waals surface area contributed by atoms with E-state index < -0.39 is 17.6 Å². The topological polar surface area (TPSA) is 87.4 Å². The number of nitrogens with two attached hydrogens (primary N) is 1. The highest BCUT2D eigenvalue weighted by Crippen LogP contribution is 2.40. The van der Waals surface area contributed by atoms with Crippen LogP contribution in [0.4, 0.5) is 30.4 Å². The largest absolute Gasteiger partial charge is 0.418 e. The molecule has 0 aliphatic carbocycles. The summed E-state index contributed by atoms with van der Waals surface area (Å²) in [5.74, 6) is -0.957. The van der Waals surface area contributed by atoms with Crippen LogP contribution in [0.2, 0.25) is 5.15 Å². The second kappa shape index (κ2) is 9.11. The van der Waals surface area contributed by atoms with E-state index in [1.54, 1.807) is 11.8 Å². The van der Waals surface area contributed by atoms with Crippen molar-refractivity contribution >= 4 is 34.7 Å². The van der Waals surface area contributed by atoms with E-state index in [0.29, 0.717) is 25.2 Å². The molecule has 0 unspecified atom stereocenters.